The third-order valence-electron chi connectivity index (χ3n) is 4.26. The number of amides is 1. The summed E-state index contributed by atoms with van der Waals surface area (Å²) in [5.41, 5.74) is 1.86. The van der Waals surface area contributed by atoms with Crippen LogP contribution in [0, 0.1) is 0 Å². The molecule has 0 spiro atoms. The van der Waals surface area contributed by atoms with Crippen molar-refractivity contribution in [2.75, 3.05) is 20.1 Å². The Morgan fingerprint density at radius 2 is 2.00 bits per heavy atom. The van der Waals surface area contributed by atoms with Crippen LogP contribution in [0.4, 0.5) is 0 Å². The second kappa shape index (κ2) is 6.75. The molecule has 1 aliphatic rings. The molecule has 0 unspecified atom stereocenters. The van der Waals surface area contributed by atoms with Crippen LogP contribution in [0.25, 0.3) is 0 Å². The van der Waals surface area contributed by atoms with E-state index in [0.717, 1.165) is 25.9 Å². The predicted octanol–water partition coefficient (Wildman–Crippen LogP) is 1.76. The molecule has 1 saturated heterocycles. The van der Waals surface area contributed by atoms with E-state index in [1.165, 1.54) is 5.56 Å². The normalized spacial score (nSPS) is 16.0. The van der Waals surface area contributed by atoms with Crippen LogP contribution in [0.2, 0.25) is 0 Å². The highest BCUT2D eigenvalue weighted by atomic mass is 16.2. The molecule has 3 rings (SSSR count). The van der Waals surface area contributed by atoms with Crippen molar-refractivity contribution in [3.63, 3.8) is 0 Å². The number of likely N-dealkylation sites (tertiary alicyclic amines) is 1. The van der Waals surface area contributed by atoms with E-state index in [1.54, 1.807) is 6.20 Å². The Bertz CT molecular complexity index is 615. The number of piperidine rings is 1. The molecule has 1 amide bonds. The summed E-state index contributed by atoms with van der Waals surface area (Å²) in [6.07, 6.45) is 5.55. The van der Waals surface area contributed by atoms with Gasteiger partial charge in [-0.05, 0) is 25.5 Å². The van der Waals surface area contributed by atoms with E-state index in [0.29, 0.717) is 18.2 Å². The van der Waals surface area contributed by atoms with E-state index in [2.05, 4.69) is 22.5 Å². The fourth-order valence-electron chi connectivity index (χ4n) is 2.88. The quantitative estimate of drug-likeness (QED) is 0.935. The number of nitrogens with one attached hydrogen (secondary N) is 1. The first kappa shape index (κ1) is 14.8. The molecular weight excluding hydrogens is 276 g/mol. The number of hydrogen-bond donors (Lipinski definition) is 1. The molecule has 2 aromatic rings. The highest BCUT2D eigenvalue weighted by Gasteiger charge is 2.23. The zero-order chi connectivity index (χ0) is 15.4. The van der Waals surface area contributed by atoms with Gasteiger partial charge in [-0.15, -0.1) is 0 Å². The maximum absolute atomic E-state index is 12.5. The topological polar surface area (TPSA) is 50.2 Å². The number of carbonyl (C=O) groups excluding carboxylic acids is 1. The lowest BCUT2D eigenvalue weighted by atomic mass is 10.0. The molecule has 0 bridgehead atoms. The lowest BCUT2D eigenvalue weighted by molar-refractivity contribution is 0.0707. The van der Waals surface area contributed by atoms with Crippen LogP contribution in [0.15, 0.2) is 42.7 Å². The van der Waals surface area contributed by atoms with Gasteiger partial charge < -0.3 is 10.2 Å². The molecule has 1 aromatic carbocycles. The smallest absolute Gasteiger partial charge is 0.257 e. The maximum Gasteiger partial charge on any atom is 0.257 e. The fraction of sp³-hybridized carbons (Fsp3) is 0.412. The SMILES string of the molecule is CNC1CCN(C(=O)c2cnn(Cc3ccccc3)c2)CC1. The van der Waals surface area contributed by atoms with Crippen molar-refractivity contribution in [2.24, 2.45) is 0 Å². The average Bonchev–Trinajstić information content (AvgIpc) is 3.04. The summed E-state index contributed by atoms with van der Waals surface area (Å²) >= 11 is 0. The van der Waals surface area contributed by atoms with E-state index in [9.17, 15) is 4.79 Å². The van der Waals surface area contributed by atoms with E-state index in [-0.39, 0.29) is 5.91 Å². The second-order valence-electron chi connectivity index (χ2n) is 5.77. The first-order valence-corrected chi connectivity index (χ1v) is 7.79. The van der Waals surface area contributed by atoms with Crippen LogP contribution in [0.3, 0.4) is 0 Å². The highest BCUT2D eigenvalue weighted by Crippen LogP contribution is 2.14. The summed E-state index contributed by atoms with van der Waals surface area (Å²) in [7, 11) is 1.98. The van der Waals surface area contributed by atoms with Crippen molar-refractivity contribution in [3.05, 3.63) is 53.9 Å². The number of aromatic nitrogens is 2. The van der Waals surface area contributed by atoms with Crippen LogP contribution in [0.5, 0.6) is 0 Å². The largest absolute Gasteiger partial charge is 0.338 e. The third kappa shape index (κ3) is 3.36. The molecule has 1 aromatic heterocycles. The Kier molecular flexibility index (Phi) is 4.53. The highest BCUT2D eigenvalue weighted by molar-refractivity contribution is 5.93. The van der Waals surface area contributed by atoms with Gasteiger partial charge in [0.1, 0.15) is 0 Å². The zero-order valence-corrected chi connectivity index (χ0v) is 12.9. The van der Waals surface area contributed by atoms with Crippen LogP contribution < -0.4 is 5.32 Å². The number of rotatable bonds is 4. The molecule has 1 aliphatic heterocycles. The molecular formula is C17H22N4O. The standard InChI is InChI=1S/C17H22N4O/c1-18-16-7-9-20(10-8-16)17(22)15-11-19-21(13-15)12-14-5-3-2-4-6-14/h2-6,11,13,16,18H,7-10,12H2,1H3. The predicted molar refractivity (Wildman–Crippen MR) is 85.8 cm³/mol. The van der Waals surface area contributed by atoms with Gasteiger partial charge in [-0.25, -0.2) is 0 Å². The molecule has 0 radical (unpaired) electrons. The van der Waals surface area contributed by atoms with Gasteiger partial charge in [0.2, 0.25) is 0 Å². The molecule has 1 N–H and O–H groups in total. The summed E-state index contributed by atoms with van der Waals surface area (Å²) in [5.74, 6) is 0.0915. The average molecular weight is 298 g/mol. The number of carbonyl (C=O) groups is 1. The number of nitrogens with zero attached hydrogens (tertiary/aromatic N) is 3. The van der Waals surface area contributed by atoms with Gasteiger partial charge in [0, 0.05) is 25.3 Å². The van der Waals surface area contributed by atoms with E-state index < -0.39 is 0 Å². The fourth-order valence-corrected chi connectivity index (χ4v) is 2.88. The van der Waals surface area contributed by atoms with Gasteiger partial charge >= 0.3 is 0 Å². The molecule has 5 heteroatoms. The minimum Gasteiger partial charge on any atom is -0.338 e. The van der Waals surface area contributed by atoms with Gasteiger partial charge in [0.15, 0.2) is 0 Å². The van der Waals surface area contributed by atoms with Crippen molar-refractivity contribution < 1.29 is 4.79 Å². The molecule has 22 heavy (non-hydrogen) atoms. The van der Waals surface area contributed by atoms with Crippen molar-refractivity contribution in [1.82, 2.24) is 20.0 Å². The van der Waals surface area contributed by atoms with Gasteiger partial charge in [-0.1, -0.05) is 30.3 Å². The van der Waals surface area contributed by atoms with Crippen molar-refractivity contribution in [1.29, 1.82) is 0 Å². The van der Waals surface area contributed by atoms with Crippen molar-refractivity contribution in [2.45, 2.75) is 25.4 Å². The van der Waals surface area contributed by atoms with Gasteiger partial charge in [0.25, 0.3) is 5.91 Å². The summed E-state index contributed by atoms with van der Waals surface area (Å²) in [6.45, 7) is 2.32. The monoisotopic (exact) mass is 298 g/mol. The maximum atomic E-state index is 12.5. The Balaban J connectivity index is 1.62. The van der Waals surface area contributed by atoms with E-state index >= 15 is 0 Å². The van der Waals surface area contributed by atoms with Crippen LogP contribution >= 0.6 is 0 Å². The molecule has 0 aliphatic carbocycles. The Hall–Kier alpha value is -2.14. The van der Waals surface area contributed by atoms with Crippen LogP contribution in [0.1, 0.15) is 28.8 Å². The van der Waals surface area contributed by atoms with Gasteiger partial charge in [-0.3, -0.25) is 9.48 Å². The zero-order valence-electron chi connectivity index (χ0n) is 12.9. The molecule has 0 atom stereocenters. The van der Waals surface area contributed by atoms with Crippen LogP contribution in [-0.2, 0) is 6.54 Å². The van der Waals surface area contributed by atoms with Gasteiger partial charge in [-0.2, -0.15) is 5.10 Å². The minimum atomic E-state index is 0.0915. The third-order valence-corrected chi connectivity index (χ3v) is 4.26. The van der Waals surface area contributed by atoms with E-state index in [4.69, 9.17) is 0 Å². The summed E-state index contributed by atoms with van der Waals surface area (Å²) in [6, 6.07) is 10.7. The van der Waals surface area contributed by atoms with E-state index in [1.807, 2.05) is 41.0 Å². The molecule has 1 fully saturated rings. The molecule has 2 heterocycles. The Morgan fingerprint density at radius 1 is 1.27 bits per heavy atom. The van der Waals surface area contributed by atoms with Crippen molar-refractivity contribution in [3.8, 4) is 0 Å². The van der Waals surface area contributed by atoms with Crippen LogP contribution in [-0.4, -0.2) is 46.8 Å². The number of benzene rings is 1. The summed E-state index contributed by atoms with van der Waals surface area (Å²) in [5, 5.41) is 7.60. The lowest BCUT2D eigenvalue weighted by Gasteiger charge is -2.31. The first-order valence-electron chi connectivity index (χ1n) is 7.79. The molecule has 116 valence electrons. The first-order chi connectivity index (χ1) is 10.8. The van der Waals surface area contributed by atoms with Gasteiger partial charge in [0.05, 0.1) is 18.3 Å². The summed E-state index contributed by atoms with van der Waals surface area (Å²) < 4.78 is 1.82. The minimum absolute atomic E-state index is 0.0915. The Labute approximate surface area is 130 Å². The molecule has 0 saturated carbocycles. The summed E-state index contributed by atoms with van der Waals surface area (Å²) in [4.78, 5) is 14.4. The Morgan fingerprint density at radius 3 is 2.68 bits per heavy atom. The number of hydrogen-bond acceptors (Lipinski definition) is 3. The second-order valence-corrected chi connectivity index (χ2v) is 5.77. The molecule has 5 nitrogen and oxygen atoms in total. The lowest BCUT2D eigenvalue weighted by Crippen LogP contribution is -2.43. The van der Waals surface area contributed by atoms with Crippen molar-refractivity contribution >= 4 is 5.91 Å².